The Labute approximate surface area is 119 Å². The van der Waals surface area contributed by atoms with Gasteiger partial charge in [0.25, 0.3) is 0 Å². The van der Waals surface area contributed by atoms with Gasteiger partial charge in [0.1, 0.15) is 5.15 Å². The van der Waals surface area contributed by atoms with Crippen molar-refractivity contribution in [3.05, 3.63) is 52.8 Å². The van der Waals surface area contributed by atoms with E-state index in [4.69, 9.17) is 11.6 Å². The van der Waals surface area contributed by atoms with Crippen molar-refractivity contribution in [3.63, 3.8) is 0 Å². The van der Waals surface area contributed by atoms with Crippen molar-refractivity contribution in [3.8, 4) is 0 Å². The van der Waals surface area contributed by atoms with E-state index in [2.05, 4.69) is 34.3 Å². The maximum absolute atomic E-state index is 5.99. The molecular weight excluding hydrogens is 258 g/mol. The number of aryl methyl sites for hydroxylation is 1. The van der Waals surface area contributed by atoms with Gasteiger partial charge in [-0.15, -0.1) is 0 Å². The van der Waals surface area contributed by atoms with Gasteiger partial charge in [0.05, 0.1) is 0 Å². The highest BCUT2D eigenvalue weighted by Gasteiger charge is 2.02. The number of aromatic nitrogens is 2. The van der Waals surface area contributed by atoms with Gasteiger partial charge in [-0.1, -0.05) is 55.3 Å². The van der Waals surface area contributed by atoms with Crippen LogP contribution in [0.15, 0.2) is 36.4 Å². The summed E-state index contributed by atoms with van der Waals surface area (Å²) in [7, 11) is 0. The van der Waals surface area contributed by atoms with Gasteiger partial charge in [-0.2, -0.15) is 0 Å². The third-order valence-electron chi connectivity index (χ3n) is 2.79. The van der Waals surface area contributed by atoms with Crippen molar-refractivity contribution in [1.29, 1.82) is 0 Å². The average Bonchev–Trinajstić information content (AvgIpc) is 2.40. The zero-order valence-electron chi connectivity index (χ0n) is 11.1. The molecule has 2 aromatic rings. The van der Waals surface area contributed by atoms with E-state index in [0.29, 0.717) is 11.1 Å². The van der Waals surface area contributed by atoms with Crippen LogP contribution >= 0.6 is 11.6 Å². The molecule has 0 unspecified atom stereocenters. The Balaban J connectivity index is 1.92. The lowest BCUT2D eigenvalue weighted by molar-refractivity contribution is 0.868. The van der Waals surface area contributed by atoms with Crippen molar-refractivity contribution >= 4 is 17.5 Å². The van der Waals surface area contributed by atoms with Crippen molar-refractivity contribution in [2.24, 2.45) is 0 Å². The quantitative estimate of drug-likeness (QED) is 0.816. The molecule has 0 atom stereocenters. The van der Waals surface area contributed by atoms with E-state index in [1.165, 1.54) is 5.56 Å². The molecule has 1 aromatic carbocycles. The van der Waals surface area contributed by atoms with Crippen LogP contribution in [0.2, 0.25) is 5.15 Å². The molecule has 2 rings (SSSR count). The number of nitrogens with one attached hydrogen (secondary N) is 1. The smallest absolute Gasteiger partial charge is 0.224 e. The van der Waals surface area contributed by atoms with E-state index >= 15 is 0 Å². The van der Waals surface area contributed by atoms with Crippen molar-refractivity contribution in [2.45, 2.75) is 26.2 Å². The van der Waals surface area contributed by atoms with Crippen molar-refractivity contribution < 1.29 is 0 Å². The lowest BCUT2D eigenvalue weighted by Gasteiger charge is -2.07. The molecule has 1 N–H and O–H groups in total. The van der Waals surface area contributed by atoms with Gasteiger partial charge in [-0.25, -0.2) is 9.97 Å². The lowest BCUT2D eigenvalue weighted by Crippen LogP contribution is -2.09. The standard InChI is InChI=1S/C15H18ClN3/c1-2-6-13-11-14(16)19-15(18-13)17-10-9-12-7-4-3-5-8-12/h3-5,7-8,11H,2,6,9-10H2,1H3,(H,17,18,19). The Hall–Kier alpha value is -1.61. The second-order valence-corrected chi connectivity index (χ2v) is 4.81. The van der Waals surface area contributed by atoms with Gasteiger partial charge in [0.2, 0.25) is 5.95 Å². The molecule has 100 valence electrons. The van der Waals surface area contributed by atoms with Gasteiger partial charge >= 0.3 is 0 Å². The van der Waals surface area contributed by atoms with Crippen LogP contribution in [0.1, 0.15) is 24.6 Å². The van der Waals surface area contributed by atoms with Crippen LogP contribution in [0.3, 0.4) is 0 Å². The highest BCUT2D eigenvalue weighted by molar-refractivity contribution is 6.29. The average molecular weight is 276 g/mol. The van der Waals surface area contributed by atoms with Crippen molar-refractivity contribution in [1.82, 2.24) is 9.97 Å². The molecule has 0 aliphatic rings. The molecule has 1 heterocycles. The minimum Gasteiger partial charge on any atom is -0.354 e. The second kappa shape index (κ2) is 7.10. The summed E-state index contributed by atoms with van der Waals surface area (Å²) >= 11 is 5.99. The number of anilines is 1. The maximum Gasteiger partial charge on any atom is 0.224 e. The number of nitrogens with zero attached hydrogens (tertiary/aromatic N) is 2. The highest BCUT2D eigenvalue weighted by atomic mass is 35.5. The second-order valence-electron chi connectivity index (χ2n) is 4.42. The summed E-state index contributed by atoms with van der Waals surface area (Å²) in [5, 5.41) is 3.73. The minimum atomic E-state index is 0.501. The van der Waals surface area contributed by atoms with Gasteiger partial charge in [0.15, 0.2) is 0 Å². The first-order chi connectivity index (χ1) is 9.28. The molecule has 0 aliphatic carbocycles. The molecule has 0 spiro atoms. The van der Waals surface area contributed by atoms with Crippen LogP contribution < -0.4 is 5.32 Å². The van der Waals surface area contributed by atoms with E-state index in [-0.39, 0.29) is 0 Å². The molecule has 0 fully saturated rings. The summed E-state index contributed by atoms with van der Waals surface area (Å²) in [6.45, 7) is 2.93. The van der Waals surface area contributed by atoms with Gasteiger partial charge in [-0.05, 0) is 24.5 Å². The van der Waals surface area contributed by atoms with E-state index in [1.807, 2.05) is 24.3 Å². The predicted molar refractivity (Wildman–Crippen MR) is 79.7 cm³/mol. The molecule has 3 nitrogen and oxygen atoms in total. The fraction of sp³-hybridized carbons (Fsp3) is 0.333. The first kappa shape index (κ1) is 13.8. The zero-order valence-corrected chi connectivity index (χ0v) is 11.8. The fourth-order valence-corrected chi connectivity index (χ4v) is 2.10. The maximum atomic E-state index is 5.99. The Morgan fingerprint density at radius 3 is 2.63 bits per heavy atom. The summed E-state index contributed by atoms with van der Waals surface area (Å²) in [6, 6.07) is 12.2. The molecule has 1 aromatic heterocycles. The SMILES string of the molecule is CCCc1cc(Cl)nc(NCCc2ccccc2)n1. The molecule has 4 heteroatoms. The zero-order chi connectivity index (χ0) is 13.5. The van der Waals surface area contributed by atoms with E-state index in [0.717, 1.165) is 31.5 Å². The molecule has 0 amide bonds. The minimum absolute atomic E-state index is 0.501. The first-order valence-electron chi connectivity index (χ1n) is 6.59. The van der Waals surface area contributed by atoms with Crippen LogP contribution in [0.5, 0.6) is 0 Å². The normalized spacial score (nSPS) is 10.4. The molecule has 0 bridgehead atoms. The largest absolute Gasteiger partial charge is 0.354 e. The van der Waals surface area contributed by atoms with Crippen LogP contribution in [-0.2, 0) is 12.8 Å². The van der Waals surface area contributed by atoms with E-state index < -0.39 is 0 Å². The van der Waals surface area contributed by atoms with Gasteiger partial charge in [0, 0.05) is 12.2 Å². The lowest BCUT2D eigenvalue weighted by atomic mass is 10.1. The topological polar surface area (TPSA) is 37.8 Å². The Bertz CT molecular complexity index is 514. The third kappa shape index (κ3) is 4.52. The fourth-order valence-electron chi connectivity index (χ4n) is 1.89. The van der Waals surface area contributed by atoms with E-state index in [1.54, 1.807) is 0 Å². The monoisotopic (exact) mass is 275 g/mol. The van der Waals surface area contributed by atoms with Crippen LogP contribution in [0.25, 0.3) is 0 Å². The Morgan fingerprint density at radius 1 is 1.11 bits per heavy atom. The molecule has 0 saturated heterocycles. The number of hydrogen-bond donors (Lipinski definition) is 1. The Kier molecular flexibility index (Phi) is 5.16. The summed E-state index contributed by atoms with van der Waals surface area (Å²) < 4.78 is 0. The molecule has 0 saturated carbocycles. The number of benzene rings is 1. The Morgan fingerprint density at radius 2 is 1.89 bits per heavy atom. The van der Waals surface area contributed by atoms with Crippen LogP contribution in [0, 0.1) is 0 Å². The molecule has 19 heavy (non-hydrogen) atoms. The van der Waals surface area contributed by atoms with Crippen LogP contribution in [0.4, 0.5) is 5.95 Å². The molecular formula is C15H18ClN3. The van der Waals surface area contributed by atoms with Crippen LogP contribution in [-0.4, -0.2) is 16.5 Å². The highest BCUT2D eigenvalue weighted by Crippen LogP contribution is 2.12. The third-order valence-corrected chi connectivity index (χ3v) is 2.99. The van der Waals surface area contributed by atoms with Gasteiger partial charge < -0.3 is 5.32 Å². The number of halogens is 1. The summed E-state index contributed by atoms with van der Waals surface area (Å²) in [6.07, 6.45) is 2.92. The number of rotatable bonds is 6. The van der Waals surface area contributed by atoms with Gasteiger partial charge in [-0.3, -0.25) is 0 Å². The summed E-state index contributed by atoms with van der Waals surface area (Å²) in [5.74, 6) is 0.617. The van der Waals surface area contributed by atoms with Crippen molar-refractivity contribution in [2.75, 3.05) is 11.9 Å². The summed E-state index contributed by atoms with van der Waals surface area (Å²) in [4.78, 5) is 8.64. The molecule has 0 radical (unpaired) electrons. The summed E-state index contributed by atoms with van der Waals surface area (Å²) in [5.41, 5.74) is 2.29. The molecule has 0 aliphatic heterocycles. The van der Waals surface area contributed by atoms with E-state index in [9.17, 15) is 0 Å². The first-order valence-corrected chi connectivity index (χ1v) is 6.97. The predicted octanol–water partition coefficient (Wildman–Crippen LogP) is 3.74. The number of hydrogen-bond acceptors (Lipinski definition) is 3.